The quantitative estimate of drug-likeness (QED) is 0.604. The molecule has 0 aliphatic heterocycles. The van der Waals surface area contributed by atoms with Crippen molar-refractivity contribution in [3.05, 3.63) is 0 Å². The molecule has 0 rings (SSSR count). The molecule has 5 nitrogen and oxygen atoms in total. The fourth-order valence-corrected chi connectivity index (χ4v) is 1.46. The second-order valence-corrected chi connectivity index (χ2v) is 4.57. The van der Waals surface area contributed by atoms with Gasteiger partial charge in [-0.3, -0.25) is 4.79 Å². The van der Waals surface area contributed by atoms with Gasteiger partial charge >= 0.3 is 0 Å². The Labute approximate surface area is 98.1 Å². The molecule has 0 radical (unpaired) electrons. The maximum atomic E-state index is 11.9. The van der Waals surface area contributed by atoms with Gasteiger partial charge in [0, 0.05) is 13.7 Å². The van der Waals surface area contributed by atoms with Gasteiger partial charge in [-0.25, -0.2) is 0 Å². The zero-order valence-corrected chi connectivity index (χ0v) is 10.8. The van der Waals surface area contributed by atoms with Crippen molar-refractivity contribution in [2.75, 3.05) is 26.9 Å². The number of methoxy groups -OCH3 is 1. The number of ether oxygens (including phenoxy) is 1. The van der Waals surface area contributed by atoms with Gasteiger partial charge in [0.2, 0.25) is 5.91 Å². The minimum absolute atomic E-state index is 0.0829. The van der Waals surface area contributed by atoms with Gasteiger partial charge in [0.05, 0.1) is 19.3 Å². The number of nitrogens with two attached hydrogens (primary N) is 2. The van der Waals surface area contributed by atoms with E-state index in [1.54, 1.807) is 12.0 Å². The summed E-state index contributed by atoms with van der Waals surface area (Å²) in [5, 5.41) is 0. The second kappa shape index (κ2) is 7.60. The molecule has 0 heterocycles. The molecule has 0 saturated carbocycles. The first-order valence-corrected chi connectivity index (χ1v) is 5.67. The third-order valence-corrected chi connectivity index (χ3v) is 2.52. The van der Waals surface area contributed by atoms with Crippen molar-refractivity contribution in [1.82, 2.24) is 4.90 Å². The molecule has 0 bridgehead atoms. The fraction of sp³-hybridized carbons (Fsp3) is 0.909. The lowest BCUT2D eigenvalue weighted by atomic mass is 10.0. The average molecular weight is 231 g/mol. The number of rotatable bonds is 7. The third-order valence-electron chi connectivity index (χ3n) is 2.52. The number of carbonyl (C=O) groups excluding carboxylic acids is 1. The molecular weight excluding hydrogens is 206 g/mol. The highest BCUT2D eigenvalue weighted by atomic mass is 16.5. The average Bonchev–Trinajstić information content (AvgIpc) is 2.24. The highest BCUT2D eigenvalue weighted by molar-refractivity contribution is 5.81. The van der Waals surface area contributed by atoms with E-state index in [1.807, 2.05) is 20.8 Å². The van der Waals surface area contributed by atoms with E-state index in [4.69, 9.17) is 16.2 Å². The van der Waals surface area contributed by atoms with Crippen molar-refractivity contribution in [2.45, 2.75) is 26.8 Å². The molecule has 0 aromatic heterocycles. The molecule has 1 amide bonds. The van der Waals surface area contributed by atoms with Crippen LogP contribution in [0.3, 0.4) is 0 Å². The van der Waals surface area contributed by atoms with Gasteiger partial charge in [-0.2, -0.15) is 0 Å². The van der Waals surface area contributed by atoms with E-state index in [0.29, 0.717) is 13.2 Å². The summed E-state index contributed by atoms with van der Waals surface area (Å²) in [6.07, 6.45) is 0. The number of nitrogens with zero attached hydrogens (tertiary/aromatic N) is 1. The molecule has 96 valence electrons. The van der Waals surface area contributed by atoms with E-state index >= 15 is 0 Å². The van der Waals surface area contributed by atoms with Crippen molar-refractivity contribution < 1.29 is 9.53 Å². The van der Waals surface area contributed by atoms with Crippen LogP contribution in [0.5, 0.6) is 0 Å². The Hall–Kier alpha value is -0.650. The second-order valence-electron chi connectivity index (χ2n) is 4.57. The largest absolute Gasteiger partial charge is 0.384 e. The van der Waals surface area contributed by atoms with Crippen molar-refractivity contribution in [2.24, 2.45) is 23.3 Å². The highest BCUT2D eigenvalue weighted by Gasteiger charge is 2.23. The molecular formula is C11H25N3O2. The number of carbonyl (C=O) groups is 1. The molecule has 0 aliphatic carbocycles. The summed E-state index contributed by atoms with van der Waals surface area (Å²) >= 11 is 0. The van der Waals surface area contributed by atoms with Crippen LogP contribution in [-0.2, 0) is 9.53 Å². The summed E-state index contributed by atoms with van der Waals surface area (Å²) < 4.78 is 5.03. The molecule has 0 fully saturated rings. The van der Waals surface area contributed by atoms with Gasteiger partial charge in [-0.05, 0) is 11.8 Å². The van der Waals surface area contributed by atoms with Gasteiger partial charge in [0.25, 0.3) is 0 Å². The van der Waals surface area contributed by atoms with Crippen LogP contribution in [0.25, 0.3) is 0 Å². The predicted molar refractivity (Wildman–Crippen MR) is 64.6 cm³/mol. The molecule has 0 aliphatic rings. The lowest BCUT2D eigenvalue weighted by Gasteiger charge is -2.28. The molecule has 2 atom stereocenters. The molecule has 0 spiro atoms. The molecule has 2 unspecified atom stereocenters. The minimum Gasteiger partial charge on any atom is -0.384 e. The predicted octanol–water partition coefficient (Wildman–Crippen LogP) is -0.00300. The smallest absolute Gasteiger partial charge is 0.240 e. The monoisotopic (exact) mass is 231 g/mol. The summed E-state index contributed by atoms with van der Waals surface area (Å²) in [5.74, 6) is 0.302. The van der Waals surface area contributed by atoms with Gasteiger partial charge < -0.3 is 21.1 Å². The first kappa shape index (κ1) is 15.3. The van der Waals surface area contributed by atoms with Crippen molar-refractivity contribution in [1.29, 1.82) is 0 Å². The number of amides is 1. The van der Waals surface area contributed by atoms with E-state index < -0.39 is 6.04 Å². The van der Waals surface area contributed by atoms with Crippen molar-refractivity contribution in [3.8, 4) is 0 Å². The van der Waals surface area contributed by atoms with E-state index in [9.17, 15) is 4.79 Å². The molecule has 0 saturated heterocycles. The SMILES string of the molecule is COCC(C)CN(CN)C(=O)C(N)C(C)C. The maximum absolute atomic E-state index is 11.9. The zero-order chi connectivity index (χ0) is 12.7. The van der Waals surface area contributed by atoms with Crippen molar-refractivity contribution in [3.63, 3.8) is 0 Å². The summed E-state index contributed by atoms with van der Waals surface area (Å²) in [7, 11) is 1.64. The van der Waals surface area contributed by atoms with Crippen LogP contribution in [-0.4, -0.2) is 43.8 Å². The Morgan fingerprint density at radius 1 is 1.38 bits per heavy atom. The maximum Gasteiger partial charge on any atom is 0.240 e. The number of hydrogen-bond acceptors (Lipinski definition) is 4. The normalized spacial score (nSPS) is 14.9. The Morgan fingerprint density at radius 2 is 1.94 bits per heavy atom. The van der Waals surface area contributed by atoms with Crippen molar-refractivity contribution >= 4 is 5.91 Å². The summed E-state index contributed by atoms with van der Waals surface area (Å²) in [4.78, 5) is 13.5. The topological polar surface area (TPSA) is 81.6 Å². The van der Waals surface area contributed by atoms with Crippen LogP contribution in [0.2, 0.25) is 0 Å². The van der Waals surface area contributed by atoms with Crippen LogP contribution in [0.15, 0.2) is 0 Å². The van der Waals surface area contributed by atoms with Crippen LogP contribution >= 0.6 is 0 Å². The summed E-state index contributed by atoms with van der Waals surface area (Å²) in [5.41, 5.74) is 11.4. The lowest BCUT2D eigenvalue weighted by Crippen LogP contribution is -2.50. The molecule has 16 heavy (non-hydrogen) atoms. The van der Waals surface area contributed by atoms with Gasteiger partial charge in [0.15, 0.2) is 0 Å². The van der Waals surface area contributed by atoms with Gasteiger partial charge in [-0.1, -0.05) is 20.8 Å². The van der Waals surface area contributed by atoms with Gasteiger partial charge in [0.1, 0.15) is 0 Å². The Bertz CT molecular complexity index is 209. The molecule has 5 heteroatoms. The minimum atomic E-state index is -0.474. The molecule has 0 aromatic carbocycles. The van der Waals surface area contributed by atoms with E-state index in [2.05, 4.69) is 0 Å². The standard InChI is InChI=1S/C11H25N3O2/c1-8(2)10(13)11(15)14(7-12)5-9(3)6-16-4/h8-10H,5-7,12-13H2,1-4H3. The number of hydrogen-bond donors (Lipinski definition) is 2. The van der Waals surface area contributed by atoms with Crippen LogP contribution in [0.4, 0.5) is 0 Å². The Kier molecular flexibility index (Phi) is 7.29. The first-order valence-electron chi connectivity index (χ1n) is 5.67. The van der Waals surface area contributed by atoms with Crippen LogP contribution < -0.4 is 11.5 Å². The first-order chi connectivity index (χ1) is 7.43. The third kappa shape index (κ3) is 4.92. The lowest BCUT2D eigenvalue weighted by molar-refractivity contribution is -0.134. The summed E-state index contributed by atoms with van der Waals surface area (Å²) in [6.45, 7) is 7.27. The Balaban J connectivity index is 4.32. The fourth-order valence-electron chi connectivity index (χ4n) is 1.46. The van der Waals surface area contributed by atoms with Gasteiger partial charge in [-0.15, -0.1) is 0 Å². The zero-order valence-electron chi connectivity index (χ0n) is 10.8. The molecule has 4 N–H and O–H groups in total. The molecule has 0 aromatic rings. The highest BCUT2D eigenvalue weighted by Crippen LogP contribution is 2.06. The van der Waals surface area contributed by atoms with E-state index in [-0.39, 0.29) is 24.4 Å². The Morgan fingerprint density at radius 3 is 2.31 bits per heavy atom. The van der Waals surface area contributed by atoms with Crippen LogP contribution in [0, 0.1) is 11.8 Å². The van der Waals surface area contributed by atoms with Crippen LogP contribution in [0.1, 0.15) is 20.8 Å². The van der Waals surface area contributed by atoms with E-state index in [1.165, 1.54) is 0 Å². The van der Waals surface area contributed by atoms with E-state index in [0.717, 1.165) is 0 Å². The summed E-state index contributed by atoms with van der Waals surface area (Å²) in [6, 6.07) is -0.474.